The lowest BCUT2D eigenvalue weighted by Crippen LogP contribution is -2.18. The third-order valence-corrected chi connectivity index (χ3v) is 4.63. The van der Waals surface area contributed by atoms with E-state index in [9.17, 15) is 9.59 Å². The Hall–Kier alpha value is -4.17. The first kappa shape index (κ1) is 19.2. The van der Waals surface area contributed by atoms with Crippen LogP contribution >= 0.6 is 0 Å². The number of aromatic nitrogens is 2. The molecule has 0 aliphatic carbocycles. The molecule has 150 valence electrons. The van der Waals surface area contributed by atoms with Crippen molar-refractivity contribution in [2.24, 2.45) is 5.73 Å². The number of amides is 2. The van der Waals surface area contributed by atoms with Crippen LogP contribution in [0.3, 0.4) is 0 Å². The second-order valence-corrected chi connectivity index (χ2v) is 6.60. The Morgan fingerprint density at radius 1 is 1.03 bits per heavy atom. The van der Waals surface area contributed by atoms with E-state index in [4.69, 9.17) is 15.7 Å². The van der Waals surface area contributed by atoms with Crippen molar-refractivity contribution >= 4 is 22.7 Å². The highest BCUT2D eigenvalue weighted by molar-refractivity contribution is 6.04. The molecule has 0 aliphatic heterocycles. The number of carbonyl (C=O) groups is 2. The molecule has 4 aromatic rings. The normalized spacial score (nSPS) is 10.7. The van der Waals surface area contributed by atoms with Crippen LogP contribution in [0.15, 0.2) is 72.9 Å². The highest BCUT2D eigenvalue weighted by Crippen LogP contribution is 2.21. The molecule has 4 N–H and O–H groups in total. The minimum atomic E-state index is -0.563. The highest BCUT2D eigenvalue weighted by Gasteiger charge is 2.11. The van der Waals surface area contributed by atoms with Crippen molar-refractivity contribution in [3.63, 3.8) is 0 Å². The van der Waals surface area contributed by atoms with Gasteiger partial charge in [-0.1, -0.05) is 24.3 Å². The average Bonchev–Trinajstić information content (AvgIpc) is 3.22. The Kier molecular flexibility index (Phi) is 5.15. The van der Waals surface area contributed by atoms with E-state index in [0.717, 1.165) is 16.6 Å². The van der Waals surface area contributed by atoms with Gasteiger partial charge in [0, 0.05) is 17.1 Å². The molecule has 30 heavy (non-hydrogen) atoms. The van der Waals surface area contributed by atoms with Crippen molar-refractivity contribution < 1.29 is 19.5 Å². The van der Waals surface area contributed by atoms with Crippen molar-refractivity contribution in [1.82, 2.24) is 15.3 Å². The molecule has 0 fully saturated rings. The zero-order valence-electron chi connectivity index (χ0n) is 15.8. The van der Waals surface area contributed by atoms with Gasteiger partial charge in [-0.3, -0.25) is 14.8 Å². The third-order valence-electron chi connectivity index (χ3n) is 4.63. The molecular formula is C22H18N4O4. The number of fused-ring (bicyclic) bond motifs is 1. The summed E-state index contributed by atoms with van der Waals surface area (Å²) in [6.45, 7) is 0.327. The van der Waals surface area contributed by atoms with E-state index in [1.165, 1.54) is 0 Å². The van der Waals surface area contributed by atoms with E-state index in [1.807, 2.05) is 36.5 Å². The van der Waals surface area contributed by atoms with Gasteiger partial charge in [0.1, 0.15) is 17.9 Å². The van der Waals surface area contributed by atoms with Crippen molar-refractivity contribution in [3.05, 3.63) is 89.6 Å². The van der Waals surface area contributed by atoms with Gasteiger partial charge < -0.3 is 10.5 Å². The second-order valence-electron chi connectivity index (χ2n) is 6.60. The molecule has 0 radical (unpaired) electrons. The van der Waals surface area contributed by atoms with Crippen LogP contribution in [0.25, 0.3) is 16.6 Å². The minimum Gasteiger partial charge on any atom is -0.489 e. The van der Waals surface area contributed by atoms with Crippen LogP contribution in [0.1, 0.15) is 26.3 Å². The van der Waals surface area contributed by atoms with Gasteiger partial charge >= 0.3 is 0 Å². The van der Waals surface area contributed by atoms with E-state index >= 15 is 0 Å². The summed E-state index contributed by atoms with van der Waals surface area (Å²) < 4.78 is 7.46. The standard InChI is InChI=1S/C22H18N4O4/c23-21(27)19-3-1-2-16-12-26(24-20(16)19)17-8-10-18(11-9-17)30-13-14-4-6-15(7-5-14)22(28)25-29/h1-12,29H,13H2,(H2,23,27)(H,25,28). The van der Waals surface area contributed by atoms with Crippen LogP contribution < -0.4 is 16.0 Å². The summed E-state index contributed by atoms with van der Waals surface area (Å²) in [5.74, 6) is -0.405. The van der Waals surface area contributed by atoms with E-state index in [-0.39, 0.29) is 0 Å². The van der Waals surface area contributed by atoms with Gasteiger partial charge in [-0.25, -0.2) is 10.2 Å². The Morgan fingerprint density at radius 3 is 2.43 bits per heavy atom. The molecule has 1 heterocycles. The van der Waals surface area contributed by atoms with E-state index in [1.54, 1.807) is 46.6 Å². The van der Waals surface area contributed by atoms with Crippen LogP contribution in [-0.2, 0) is 6.61 Å². The molecule has 0 atom stereocenters. The fourth-order valence-corrected chi connectivity index (χ4v) is 3.06. The molecule has 4 rings (SSSR count). The largest absolute Gasteiger partial charge is 0.489 e. The number of nitrogens with zero attached hydrogens (tertiary/aromatic N) is 2. The monoisotopic (exact) mass is 402 g/mol. The molecule has 0 saturated carbocycles. The number of rotatable bonds is 6. The maximum absolute atomic E-state index is 11.6. The van der Waals surface area contributed by atoms with Crippen LogP contribution in [0.5, 0.6) is 5.75 Å². The zero-order chi connectivity index (χ0) is 21.1. The fraction of sp³-hybridized carbons (Fsp3) is 0.0455. The molecule has 0 unspecified atom stereocenters. The van der Waals surface area contributed by atoms with E-state index in [0.29, 0.717) is 29.0 Å². The maximum Gasteiger partial charge on any atom is 0.274 e. The van der Waals surface area contributed by atoms with Gasteiger partial charge in [0.15, 0.2) is 0 Å². The first-order chi connectivity index (χ1) is 14.5. The lowest BCUT2D eigenvalue weighted by atomic mass is 10.1. The topological polar surface area (TPSA) is 119 Å². The predicted molar refractivity (Wildman–Crippen MR) is 110 cm³/mol. The summed E-state index contributed by atoms with van der Waals surface area (Å²) in [6.07, 6.45) is 1.84. The van der Waals surface area contributed by atoms with Gasteiger partial charge in [-0.05, 0) is 48.0 Å². The van der Waals surface area contributed by atoms with Crippen molar-refractivity contribution in [1.29, 1.82) is 0 Å². The highest BCUT2D eigenvalue weighted by atomic mass is 16.5. The third kappa shape index (κ3) is 3.85. The van der Waals surface area contributed by atoms with Gasteiger partial charge in [0.05, 0.1) is 11.3 Å². The summed E-state index contributed by atoms with van der Waals surface area (Å²) in [5, 5.41) is 13.9. The molecule has 0 spiro atoms. The molecular weight excluding hydrogens is 384 g/mol. The van der Waals surface area contributed by atoms with Crippen LogP contribution in [-0.4, -0.2) is 26.8 Å². The Bertz CT molecular complexity index is 1210. The average molecular weight is 402 g/mol. The van der Waals surface area contributed by atoms with Crippen LogP contribution in [0.2, 0.25) is 0 Å². The number of hydroxylamine groups is 1. The number of hydrogen-bond acceptors (Lipinski definition) is 5. The number of carbonyl (C=O) groups excluding carboxylic acids is 2. The number of nitrogens with one attached hydrogen (secondary N) is 1. The van der Waals surface area contributed by atoms with Gasteiger partial charge in [0.25, 0.3) is 11.8 Å². The summed E-state index contributed by atoms with van der Waals surface area (Å²) in [7, 11) is 0. The summed E-state index contributed by atoms with van der Waals surface area (Å²) in [6, 6.07) is 19.4. The quantitative estimate of drug-likeness (QED) is 0.338. The molecule has 0 bridgehead atoms. The second kappa shape index (κ2) is 8.06. The number of hydrogen-bond donors (Lipinski definition) is 3. The fourth-order valence-electron chi connectivity index (χ4n) is 3.06. The SMILES string of the molecule is NC(=O)c1cccc2cn(-c3ccc(OCc4ccc(C(=O)NO)cc4)cc3)nc12. The Labute approximate surface area is 171 Å². The summed E-state index contributed by atoms with van der Waals surface area (Å²) in [5.41, 5.74) is 10.0. The van der Waals surface area contributed by atoms with Crippen LogP contribution in [0.4, 0.5) is 0 Å². The number of benzene rings is 3. The molecule has 1 aromatic heterocycles. The Morgan fingerprint density at radius 2 is 1.77 bits per heavy atom. The van der Waals surface area contributed by atoms with Crippen molar-refractivity contribution in [3.8, 4) is 11.4 Å². The van der Waals surface area contributed by atoms with E-state index < -0.39 is 11.8 Å². The molecule has 3 aromatic carbocycles. The lowest BCUT2D eigenvalue weighted by molar-refractivity contribution is 0.0706. The molecule has 0 saturated heterocycles. The first-order valence-electron chi connectivity index (χ1n) is 9.10. The lowest BCUT2D eigenvalue weighted by Gasteiger charge is -2.08. The molecule has 2 amide bonds. The van der Waals surface area contributed by atoms with Gasteiger partial charge in [0.2, 0.25) is 0 Å². The molecule has 8 heteroatoms. The van der Waals surface area contributed by atoms with Gasteiger partial charge in [-0.2, -0.15) is 5.10 Å². The number of primary amides is 1. The van der Waals surface area contributed by atoms with E-state index in [2.05, 4.69) is 5.10 Å². The first-order valence-corrected chi connectivity index (χ1v) is 9.10. The maximum atomic E-state index is 11.6. The zero-order valence-corrected chi connectivity index (χ0v) is 15.8. The predicted octanol–water partition coefficient (Wildman–Crippen LogP) is 2.82. The minimum absolute atomic E-state index is 0.327. The number of nitrogens with two attached hydrogens (primary N) is 1. The van der Waals surface area contributed by atoms with Crippen molar-refractivity contribution in [2.75, 3.05) is 0 Å². The van der Waals surface area contributed by atoms with Gasteiger partial charge in [-0.15, -0.1) is 0 Å². The Balaban J connectivity index is 1.47. The smallest absolute Gasteiger partial charge is 0.274 e. The number of ether oxygens (including phenoxy) is 1. The summed E-state index contributed by atoms with van der Waals surface area (Å²) in [4.78, 5) is 22.9. The molecule has 0 aliphatic rings. The molecule has 8 nitrogen and oxygen atoms in total. The van der Waals surface area contributed by atoms with Crippen molar-refractivity contribution in [2.45, 2.75) is 6.61 Å². The van der Waals surface area contributed by atoms with Crippen LogP contribution in [0, 0.1) is 0 Å². The summed E-state index contributed by atoms with van der Waals surface area (Å²) >= 11 is 0.